The van der Waals surface area contributed by atoms with Gasteiger partial charge in [-0.3, -0.25) is 0 Å². The Morgan fingerprint density at radius 3 is 1.87 bits per heavy atom. The highest BCUT2D eigenvalue weighted by atomic mass is 32.1. The Morgan fingerprint density at radius 2 is 1.02 bits per heavy atom. The summed E-state index contributed by atoms with van der Waals surface area (Å²) >= 11 is 1.84. The van der Waals surface area contributed by atoms with E-state index in [-0.39, 0.29) is 0 Å². The van der Waals surface area contributed by atoms with E-state index in [1.54, 1.807) is 0 Å². The fraction of sp³-hybridized carbons (Fsp3) is 0. The standard InChI is InChI=1S/C42H27NOS/c1-3-13-28(14-4-1)30-17-9-18-31(27-30)43(36-23-12-26-39-40(36)35-19-7-8-25-38(35)45-39)37-24-11-22-34-33-21-10-20-32(41(33)44-42(34)37)29-15-5-2-6-16-29/h1-27H. The Kier molecular flexibility index (Phi) is 6.03. The lowest BCUT2D eigenvalue weighted by Gasteiger charge is -2.27. The summed E-state index contributed by atoms with van der Waals surface area (Å²) < 4.78 is 9.50. The van der Waals surface area contributed by atoms with Crippen LogP contribution in [0.2, 0.25) is 0 Å². The van der Waals surface area contributed by atoms with Gasteiger partial charge in [0.05, 0.1) is 11.4 Å². The van der Waals surface area contributed by atoms with Gasteiger partial charge < -0.3 is 9.32 Å². The van der Waals surface area contributed by atoms with E-state index >= 15 is 0 Å². The highest BCUT2D eigenvalue weighted by molar-refractivity contribution is 7.26. The largest absolute Gasteiger partial charge is 0.453 e. The molecule has 0 bridgehead atoms. The van der Waals surface area contributed by atoms with E-state index < -0.39 is 0 Å². The first-order valence-corrected chi connectivity index (χ1v) is 16.0. The quantitative estimate of drug-likeness (QED) is 0.197. The van der Waals surface area contributed by atoms with Gasteiger partial charge in [0.1, 0.15) is 5.58 Å². The molecule has 0 aliphatic heterocycles. The summed E-state index contributed by atoms with van der Waals surface area (Å²) in [4.78, 5) is 2.39. The first-order valence-electron chi connectivity index (χ1n) is 15.2. The van der Waals surface area contributed by atoms with Gasteiger partial charge in [-0.25, -0.2) is 0 Å². The lowest BCUT2D eigenvalue weighted by molar-refractivity contribution is 0.670. The Labute approximate surface area is 265 Å². The summed E-state index contributed by atoms with van der Waals surface area (Å²) in [6.45, 7) is 0. The monoisotopic (exact) mass is 593 g/mol. The van der Waals surface area contributed by atoms with Crippen molar-refractivity contribution in [2.75, 3.05) is 4.90 Å². The van der Waals surface area contributed by atoms with Crippen molar-refractivity contribution < 1.29 is 4.42 Å². The molecule has 7 aromatic carbocycles. The maximum absolute atomic E-state index is 6.95. The topological polar surface area (TPSA) is 16.4 Å². The van der Waals surface area contributed by atoms with Crippen molar-refractivity contribution in [3.05, 3.63) is 164 Å². The molecule has 2 heterocycles. The summed E-state index contributed by atoms with van der Waals surface area (Å²) in [5, 5.41) is 4.74. The summed E-state index contributed by atoms with van der Waals surface area (Å²) in [6.07, 6.45) is 0. The molecular formula is C42H27NOS. The number of thiophene rings is 1. The van der Waals surface area contributed by atoms with Gasteiger partial charge in [0.15, 0.2) is 5.58 Å². The number of rotatable bonds is 5. The van der Waals surface area contributed by atoms with Crippen LogP contribution in [-0.2, 0) is 0 Å². The molecule has 9 rings (SSSR count). The average molecular weight is 594 g/mol. The number of furan rings is 1. The molecule has 9 aromatic rings. The van der Waals surface area contributed by atoms with Crippen molar-refractivity contribution in [1.29, 1.82) is 0 Å². The van der Waals surface area contributed by atoms with Gasteiger partial charge in [-0.2, -0.15) is 0 Å². The molecule has 0 radical (unpaired) electrons. The third kappa shape index (κ3) is 4.24. The molecule has 0 amide bonds. The van der Waals surface area contributed by atoms with Crippen molar-refractivity contribution in [1.82, 2.24) is 0 Å². The van der Waals surface area contributed by atoms with Gasteiger partial charge in [0, 0.05) is 42.2 Å². The fourth-order valence-corrected chi connectivity index (χ4v) is 7.76. The second-order valence-corrected chi connectivity index (χ2v) is 12.4. The van der Waals surface area contributed by atoms with E-state index in [1.807, 2.05) is 11.3 Å². The number of hydrogen-bond donors (Lipinski definition) is 0. The van der Waals surface area contributed by atoms with E-state index in [1.165, 1.54) is 31.3 Å². The lowest BCUT2D eigenvalue weighted by Crippen LogP contribution is -2.10. The van der Waals surface area contributed by atoms with Crippen LogP contribution in [0.1, 0.15) is 0 Å². The zero-order chi connectivity index (χ0) is 29.7. The highest BCUT2D eigenvalue weighted by Gasteiger charge is 2.23. The molecule has 0 atom stereocenters. The van der Waals surface area contributed by atoms with Gasteiger partial charge in [0.2, 0.25) is 0 Å². The number of para-hydroxylation sites is 2. The third-order valence-electron chi connectivity index (χ3n) is 8.66. The van der Waals surface area contributed by atoms with Crippen LogP contribution in [0.25, 0.3) is 64.4 Å². The Morgan fingerprint density at radius 1 is 0.422 bits per heavy atom. The Hall–Kier alpha value is -5.64. The average Bonchev–Trinajstić information content (AvgIpc) is 3.69. The third-order valence-corrected chi connectivity index (χ3v) is 9.80. The summed E-state index contributed by atoms with van der Waals surface area (Å²) in [7, 11) is 0. The van der Waals surface area contributed by atoms with Crippen LogP contribution < -0.4 is 4.90 Å². The lowest BCUT2D eigenvalue weighted by atomic mass is 10.0. The summed E-state index contributed by atoms with van der Waals surface area (Å²) in [5.74, 6) is 0. The molecule has 0 saturated carbocycles. The molecule has 0 N–H and O–H groups in total. The number of nitrogens with zero attached hydrogens (tertiary/aromatic N) is 1. The second kappa shape index (κ2) is 10.5. The van der Waals surface area contributed by atoms with Gasteiger partial charge in [0.25, 0.3) is 0 Å². The van der Waals surface area contributed by atoms with E-state index in [4.69, 9.17) is 4.42 Å². The number of hydrogen-bond acceptors (Lipinski definition) is 3. The fourth-order valence-electron chi connectivity index (χ4n) is 6.63. The molecule has 0 unspecified atom stereocenters. The van der Waals surface area contributed by atoms with Crippen molar-refractivity contribution in [2.45, 2.75) is 0 Å². The molecule has 0 fully saturated rings. The molecule has 3 heteroatoms. The molecule has 0 aliphatic rings. The Balaban J connectivity index is 1.35. The molecule has 0 saturated heterocycles. The predicted octanol–water partition coefficient (Wildman–Crippen LogP) is 12.8. The van der Waals surface area contributed by atoms with Crippen LogP contribution in [-0.4, -0.2) is 0 Å². The highest BCUT2D eigenvalue weighted by Crippen LogP contribution is 2.48. The molecule has 2 aromatic heterocycles. The molecule has 2 nitrogen and oxygen atoms in total. The minimum Gasteiger partial charge on any atom is -0.453 e. The number of benzene rings is 7. The second-order valence-electron chi connectivity index (χ2n) is 11.3. The molecule has 0 spiro atoms. The Bertz CT molecular complexity index is 2490. The van der Waals surface area contributed by atoms with E-state index in [2.05, 4.69) is 169 Å². The van der Waals surface area contributed by atoms with Crippen LogP contribution in [0, 0.1) is 0 Å². The van der Waals surface area contributed by atoms with E-state index in [9.17, 15) is 0 Å². The maximum atomic E-state index is 6.95. The smallest absolute Gasteiger partial charge is 0.159 e. The number of anilines is 3. The van der Waals surface area contributed by atoms with Crippen LogP contribution in [0.3, 0.4) is 0 Å². The SMILES string of the molecule is c1ccc(-c2cccc(N(c3cccc4c3oc3c(-c5ccccc5)cccc34)c3cccc4sc5ccccc5c34)c2)cc1. The van der Waals surface area contributed by atoms with Crippen molar-refractivity contribution in [3.63, 3.8) is 0 Å². The van der Waals surface area contributed by atoms with Gasteiger partial charge >= 0.3 is 0 Å². The molecular weight excluding hydrogens is 567 g/mol. The first kappa shape index (κ1) is 25.8. The van der Waals surface area contributed by atoms with Gasteiger partial charge in [-0.15, -0.1) is 11.3 Å². The molecule has 0 aliphatic carbocycles. The van der Waals surface area contributed by atoms with Crippen molar-refractivity contribution in [2.24, 2.45) is 0 Å². The van der Waals surface area contributed by atoms with E-state index in [0.29, 0.717) is 0 Å². The van der Waals surface area contributed by atoms with Crippen molar-refractivity contribution >= 4 is 70.5 Å². The summed E-state index contributed by atoms with van der Waals surface area (Å²) in [5.41, 5.74) is 9.60. The normalized spacial score (nSPS) is 11.6. The zero-order valence-electron chi connectivity index (χ0n) is 24.4. The minimum absolute atomic E-state index is 0.873. The van der Waals surface area contributed by atoms with Crippen molar-refractivity contribution in [3.8, 4) is 22.3 Å². The van der Waals surface area contributed by atoms with E-state index in [0.717, 1.165) is 50.1 Å². The van der Waals surface area contributed by atoms with Crippen LogP contribution in [0.5, 0.6) is 0 Å². The van der Waals surface area contributed by atoms with Crippen LogP contribution >= 0.6 is 11.3 Å². The molecule has 212 valence electrons. The minimum atomic E-state index is 0.873. The zero-order valence-corrected chi connectivity index (χ0v) is 25.2. The van der Waals surface area contributed by atoms with Crippen LogP contribution in [0.15, 0.2) is 168 Å². The summed E-state index contributed by atoms with van der Waals surface area (Å²) in [6, 6.07) is 58.3. The predicted molar refractivity (Wildman–Crippen MR) is 192 cm³/mol. The first-order chi connectivity index (χ1) is 22.3. The number of fused-ring (bicyclic) bond motifs is 6. The van der Waals surface area contributed by atoms with Gasteiger partial charge in [-0.1, -0.05) is 127 Å². The maximum Gasteiger partial charge on any atom is 0.159 e. The van der Waals surface area contributed by atoms with Gasteiger partial charge in [-0.05, 0) is 53.1 Å². The molecule has 45 heavy (non-hydrogen) atoms. The van der Waals surface area contributed by atoms with Crippen LogP contribution in [0.4, 0.5) is 17.1 Å².